The molecule has 132 valence electrons. The Bertz CT molecular complexity index is 757. The van der Waals surface area contributed by atoms with Crippen molar-refractivity contribution >= 4 is 23.6 Å². The number of hydrogen-bond donors (Lipinski definition) is 1. The molecule has 6 nitrogen and oxygen atoms in total. The summed E-state index contributed by atoms with van der Waals surface area (Å²) in [5.74, 6) is 0.358. The summed E-state index contributed by atoms with van der Waals surface area (Å²) in [5.41, 5.74) is 1.22. The van der Waals surface area contributed by atoms with Crippen LogP contribution in [0.2, 0.25) is 0 Å². The molecule has 0 radical (unpaired) electrons. The highest BCUT2D eigenvalue weighted by Gasteiger charge is 2.20. The predicted molar refractivity (Wildman–Crippen MR) is 95.3 cm³/mol. The van der Waals surface area contributed by atoms with Gasteiger partial charge in [-0.15, -0.1) is 18.3 Å². The number of carbonyl (C=O) groups excluding carboxylic acids is 2. The van der Waals surface area contributed by atoms with Crippen molar-refractivity contribution in [2.24, 2.45) is 0 Å². The molecular weight excluding hydrogens is 340 g/mol. The van der Waals surface area contributed by atoms with E-state index in [1.54, 1.807) is 18.2 Å². The molecule has 2 aromatic rings. The van der Waals surface area contributed by atoms with Crippen LogP contribution in [0.25, 0.3) is 0 Å². The van der Waals surface area contributed by atoms with E-state index in [2.05, 4.69) is 17.1 Å². The highest BCUT2D eigenvalue weighted by atomic mass is 32.2. The number of aromatic nitrogens is 1. The molecule has 1 heterocycles. The van der Waals surface area contributed by atoms with Gasteiger partial charge in [0.1, 0.15) is 5.76 Å². The molecule has 1 unspecified atom stereocenters. The molecule has 1 amide bonds. The van der Waals surface area contributed by atoms with Gasteiger partial charge in [0.05, 0.1) is 17.0 Å². The molecule has 0 spiro atoms. The Labute approximate surface area is 150 Å². The van der Waals surface area contributed by atoms with Crippen LogP contribution in [0.5, 0.6) is 0 Å². The number of amides is 1. The summed E-state index contributed by atoms with van der Waals surface area (Å²) in [7, 11) is 0. The van der Waals surface area contributed by atoms with Gasteiger partial charge in [-0.05, 0) is 26.0 Å². The number of thioether (sulfide) groups is 1. The summed E-state index contributed by atoms with van der Waals surface area (Å²) in [6, 6.07) is 8.93. The lowest BCUT2D eigenvalue weighted by atomic mass is 10.2. The maximum Gasteiger partial charge on any atom is 0.340 e. The Hall–Kier alpha value is -2.54. The first-order valence-electron chi connectivity index (χ1n) is 7.75. The number of aryl methyl sites for hydroxylation is 1. The molecule has 0 aliphatic rings. The van der Waals surface area contributed by atoms with Gasteiger partial charge in [0, 0.05) is 17.5 Å². The molecular formula is C18H20N2O4S. The molecule has 0 saturated heterocycles. The first-order valence-corrected chi connectivity index (χ1v) is 8.73. The quantitative estimate of drug-likeness (QED) is 0.442. The highest BCUT2D eigenvalue weighted by molar-refractivity contribution is 7.98. The van der Waals surface area contributed by atoms with Crippen LogP contribution in [0.1, 0.15) is 28.7 Å². The lowest BCUT2D eigenvalue weighted by Gasteiger charge is -2.14. The monoisotopic (exact) mass is 360 g/mol. The van der Waals surface area contributed by atoms with E-state index in [-0.39, 0.29) is 5.91 Å². The second kappa shape index (κ2) is 9.08. The standard InChI is InChI=1S/C18H20N2O4S/c1-4-9-19-17(21)13(3)23-18(22)15-7-5-6-8-16(15)25-11-14-10-12(2)20-24-14/h4-8,10,13H,1,9,11H2,2-3H3,(H,19,21). The third-order valence-electron chi connectivity index (χ3n) is 3.23. The fraction of sp³-hybridized carbons (Fsp3) is 0.278. The minimum atomic E-state index is -0.887. The average molecular weight is 360 g/mol. The third kappa shape index (κ3) is 5.49. The number of rotatable bonds is 8. The van der Waals surface area contributed by atoms with Gasteiger partial charge in [0.2, 0.25) is 0 Å². The van der Waals surface area contributed by atoms with E-state index in [0.29, 0.717) is 17.9 Å². The summed E-state index contributed by atoms with van der Waals surface area (Å²) in [4.78, 5) is 25.0. The molecule has 0 saturated carbocycles. The van der Waals surface area contributed by atoms with E-state index in [4.69, 9.17) is 9.26 Å². The zero-order chi connectivity index (χ0) is 18.2. The van der Waals surface area contributed by atoms with Crippen molar-refractivity contribution in [3.63, 3.8) is 0 Å². The summed E-state index contributed by atoms with van der Waals surface area (Å²) in [6.07, 6.45) is 0.672. The lowest BCUT2D eigenvalue weighted by Crippen LogP contribution is -2.35. The number of nitrogens with zero attached hydrogens (tertiary/aromatic N) is 1. The Balaban J connectivity index is 2.01. The van der Waals surface area contributed by atoms with E-state index in [0.717, 1.165) is 16.3 Å². The molecule has 0 bridgehead atoms. The molecule has 2 rings (SSSR count). The Kier molecular flexibility index (Phi) is 6.82. The summed E-state index contributed by atoms with van der Waals surface area (Å²) in [5, 5.41) is 6.43. The van der Waals surface area contributed by atoms with E-state index < -0.39 is 12.1 Å². The first kappa shape index (κ1) is 18.8. The average Bonchev–Trinajstić information content (AvgIpc) is 3.03. The second-order valence-electron chi connectivity index (χ2n) is 5.30. The number of nitrogens with one attached hydrogen (secondary N) is 1. The Morgan fingerprint density at radius 1 is 1.44 bits per heavy atom. The zero-order valence-corrected chi connectivity index (χ0v) is 15.0. The zero-order valence-electron chi connectivity index (χ0n) is 14.2. The largest absolute Gasteiger partial charge is 0.449 e. The van der Waals surface area contributed by atoms with Crippen LogP contribution in [0.15, 0.2) is 52.4 Å². The van der Waals surface area contributed by atoms with E-state index in [1.807, 2.05) is 25.1 Å². The fourth-order valence-electron chi connectivity index (χ4n) is 1.99. The molecule has 7 heteroatoms. The molecule has 25 heavy (non-hydrogen) atoms. The van der Waals surface area contributed by atoms with Crippen LogP contribution in [0, 0.1) is 6.92 Å². The van der Waals surface area contributed by atoms with Crippen molar-refractivity contribution in [2.45, 2.75) is 30.6 Å². The predicted octanol–water partition coefficient (Wildman–Crippen LogP) is 3.12. The molecule has 1 aromatic carbocycles. The maximum atomic E-state index is 12.4. The van der Waals surface area contributed by atoms with Gasteiger partial charge in [-0.3, -0.25) is 4.79 Å². The summed E-state index contributed by atoms with van der Waals surface area (Å²) < 4.78 is 10.4. The van der Waals surface area contributed by atoms with Crippen molar-refractivity contribution in [3.05, 3.63) is 60.0 Å². The van der Waals surface area contributed by atoms with Crippen LogP contribution < -0.4 is 5.32 Å². The van der Waals surface area contributed by atoms with E-state index in [9.17, 15) is 9.59 Å². The van der Waals surface area contributed by atoms with Gasteiger partial charge in [-0.1, -0.05) is 23.4 Å². The first-order chi connectivity index (χ1) is 12.0. The van der Waals surface area contributed by atoms with E-state index in [1.165, 1.54) is 18.7 Å². The molecule has 1 aromatic heterocycles. The molecule has 0 aliphatic heterocycles. The SMILES string of the molecule is C=CCNC(=O)C(C)OC(=O)c1ccccc1SCc1cc(C)no1. The second-order valence-corrected chi connectivity index (χ2v) is 6.32. The Morgan fingerprint density at radius 2 is 2.20 bits per heavy atom. The number of benzene rings is 1. The minimum absolute atomic E-state index is 0.323. The normalized spacial score (nSPS) is 11.6. The van der Waals surface area contributed by atoms with Crippen molar-refractivity contribution in [1.82, 2.24) is 10.5 Å². The van der Waals surface area contributed by atoms with Gasteiger partial charge < -0.3 is 14.6 Å². The third-order valence-corrected chi connectivity index (χ3v) is 4.32. The number of esters is 1. The smallest absolute Gasteiger partial charge is 0.340 e. The van der Waals surface area contributed by atoms with Crippen LogP contribution in [-0.4, -0.2) is 29.7 Å². The van der Waals surface area contributed by atoms with Gasteiger partial charge >= 0.3 is 5.97 Å². The molecule has 1 atom stereocenters. The lowest BCUT2D eigenvalue weighted by molar-refractivity contribution is -0.128. The Morgan fingerprint density at radius 3 is 2.88 bits per heavy atom. The van der Waals surface area contributed by atoms with Gasteiger partial charge in [0.15, 0.2) is 6.10 Å². The number of carbonyl (C=O) groups is 2. The van der Waals surface area contributed by atoms with Gasteiger partial charge in [0.25, 0.3) is 5.91 Å². The van der Waals surface area contributed by atoms with Crippen molar-refractivity contribution in [2.75, 3.05) is 6.54 Å². The highest BCUT2D eigenvalue weighted by Crippen LogP contribution is 2.27. The number of ether oxygens (including phenoxy) is 1. The molecule has 1 N–H and O–H groups in total. The van der Waals surface area contributed by atoms with Crippen LogP contribution >= 0.6 is 11.8 Å². The fourth-order valence-corrected chi connectivity index (χ4v) is 2.90. The van der Waals surface area contributed by atoms with Crippen LogP contribution in [-0.2, 0) is 15.3 Å². The van der Waals surface area contributed by atoms with Crippen molar-refractivity contribution in [3.8, 4) is 0 Å². The van der Waals surface area contributed by atoms with Crippen LogP contribution in [0.4, 0.5) is 0 Å². The molecule has 0 aliphatic carbocycles. The van der Waals surface area contributed by atoms with E-state index >= 15 is 0 Å². The summed E-state index contributed by atoms with van der Waals surface area (Å²) in [6.45, 7) is 7.22. The minimum Gasteiger partial charge on any atom is -0.449 e. The van der Waals surface area contributed by atoms with Gasteiger partial charge in [-0.2, -0.15) is 0 Å². The number of hydrogen-bond acceptors (Lipinski definition) is 6. The van der Waals surface area contributed by atoms with Crippen molar-refractivity contribution < 1.29 is 18.8 Å². The topological polar surface area (TPSA) is 81.4 Å². The van der Waals surface area contributed by atoms with Crippen molar-refractivity contribution in [1.29, 1.82) is 0 Å². The summed E-state index contributed by atoms with van der Waals surface area (Å²) >= 11 is 1.44. The molecule has 0 fully saturated rings. The van der Waals surface area contributed by atoms with Crippen LogP contribution in [0.3, 0.4) is 0 Å². The van der Waals surface area contributed by atoms with Gasteiger partial charge in [-0.25, -0.2) is 4.79 Å². The maximum absolute atomic E-state index is 12.4.